The molecule has 1 N–H and O–H groups in total. The molecule has 0 aliphatic heterocycles. The van der Waals surface area contributed by atoms with Gasteiger partial charge in [-0.2, -0.15) is 4.98 Å². The van der Waals surface area contributed by atoms with Gasteiger partial charge in [0.15, 0.2) is 0 Å². The van der Waals surface area contributed by atoms with Crippen LogP contribution in [0.15, 0.2) is 27.2 Å². The average Bonchev–Trinajstić information content (AvgIpc) is 2.83. The van der Waals surface area contributed by atoms with Crippen molar-refractivity contribution in [2.45, 2.75) is 13.8 Å². The molecule has 0 saturated carbocycles. The van der Waals surface area contributed by atoms with Gasteiger partial charge in [-0.05, 0) is 37.2 Å². The largest absolute Gasteiger partial charge is 0.507 e. The van der Waals surface area contributed by atoms with Crippen molar-refractivity contribution in [2.75, 3.05) is 18.0 Å². The van der Waals surface area contributed by atoms with Crippen LogP contribution in [0.2, 0.25) is 0 Å². The second-order valence-electron chi connectivity index (χ2n) is 3.73. The van der Waals surface area contributed by atoms with Gasteiger partial charge in [-0.1, -0.05) is 15.9 Å². The lowest BCUT2D eigenvalue weighted by atomic mass is 10.2. The first kappa shape index (κ1) is 12.9. The van der Waals surface area contributed by atoms with Crippen molar-refractivity contribution in [1.29, 1.82) is 0 Å². The van der Waals surface area contributed by atoms with Crippen LogP contribution in [0.5, 0.6) is 5.75 Å². The monoisotopic (exact) mass is 311 g/mol. The summed E-state index contributed by atoms with van der Waals surface area (Å²) in [5, 5.41) is 13.7. The number of hydrogen-bond acceptors (Lipinski definition) is 5. The molecule has 18 heavy (non-hydrogen) atoms. The van der Waals surface area contributed by atoms with Crippen LogP contribution in [0.25, 0.3) is 11.5 Å². The molecular formula is C12H14BrN3O2. The fourth-order valence-electron chi connectivity index (χ4n) is 1.64. The highest BCUT2D eigenvalue weighted by atomic mass is 79.9. The van der Waals surface area contributed by atoms with Crippen LogP contribution in [-0.2, 0) is 0 Å². The molecule has 0 spiro atoms. The summed E-state index contributed by atoms with van der Waals surface area (Å²) in [7, 11) is 0. The van der Waals surface area contributed by atoms with Crippen LogP contribution in [0.3, 0.4) is 0 Å². The first-order valence-corrected chi connectivity index (χ1v) is 6.52. The van der Waals surface area contributed by atoms with Crippen molar-refractivity contribution in [3.63, 3.8) is 0 Å². The maximum Gasteiger partial charge on any atom is 0.266 e. The van der Waals surface area contributed by atoms with E-state index in [1.807, 2.05) is 18.7 Å². The lowest BCUT2D eigenvalue weighted by Crippen LogP contribution is -2.22. The number of aromatic hydroxyl groups is 1. The molecule has 0 aliphatic carbocycles. The van der Waals surface area contributed by atoms with Crippen LogP contribution in [-0.4, -0.2) is 28.3 Å². The van der Waals surface area contributed by atoms with E-state index >= 15 is 0 Å². The minimum Gasteiger partial charge on any atom is -0.507 e. The molecule has 0 aliphatic rings. The topological polar surface area (TPSA) is 62.4 Å². The fourth-order valence-corrected chi connectivity index (χ4v) is 2.00. The van der Waals surface area contributed by atoms with Gasteiger partial charge in [-0.3, -0.25) is 0 Å². The summed E-state index contributed by atoms with van der Waals surface area (Å²) in [4.78, 5) is 6.27. The fraction of sp³-hybridized carbons (Fsp3) is 0.333. The number of benzene rings is 1. The standard InChI is InChI=1S/C12H14BrN3O2/c1-3-16(4-2)12-14-11(18-15-12)9-7-8(13)5-6-10(9)17/h5-7,17H,3-4H2,1-2H3. The Morgan fingerprint density at radius 2 is 2.06 bits per heavy atom. The molecule has 0 unspecified atom stereocenters. The minimum absolute atomic E-state index is 0.118. The molecule has 0 amide bonds. The summed E-state index contributed by atoms with van der Waals surface area (Å²) in [6, 6.07) is 5.08. The van der Waals surface area contributed by atoms with E-state index in [9.17, 15) is 5.11 Å². The molecule has 0 fully saturated rings. The zero-order chi connectivity index (χ0) is 13.1. The molecule has 2 rings (SSSR count). The van der Waals surface area contributed by atoms with Crippen molar-refractivity contribution in [3.8, 4) is 17.2 Å². The zero-order valence-corrected chi connectivity index (χ0v) is 11.8. The third-order valence-corrected chi connectivity index (χ3v) is 3.14. The Bertz CT molecular complexity index is 538. The summed E-state index contributed by atoms with van der Waals surface area (Å²) in [5.74, 6) is 0.970. The van der Waals surface area contributed by atoms with Gasteiger partial charge in [-0.15, -0.1) is 0 Å². The number of hydrogen-bond donors (Lipinski definition) is 1. The molecule has 0 saturated heterocycles. The second kappa shape index (κ2) is 5.39. The zero-order valence-electron chi connectivity index (χ0n) is 10.2. The minimum atomic E-state index is 0.118. The predicted octanol–water partition coefficient (Wildman–Crippen LogP) is 3.05. The normalized spacial score (nSPS) is 10.6. The van der Waals surface area contributed by atoms with Crippen LogP contribution in [0.4, 0.5) is 5.95 Å². The lowest BCUT2D eigenvalue weighted by Gasteiger charge is -2.14. The van der Waals surface area contributed by atoms with Gasteiger partial charge in [0.05, 0.1) is 5.56 Å². The SMILES string of the molecule is CCN(CC)c1noc(-c2cc(Br)ccc2O)n1. The highest BCUT2D eigenvalue weighted by Crippen LogP contribution is 2.31. The Labute approximate surface area is 114 Å². The third kappa shape index (κ3) is 2.48. The van der Waals surface area contributed by atoms with Crippen LogP contribution in [0.1, 0.15) is 13.8 Å². The number of nitrogens with zero attached hydrogens (tertiary/aromatic N) is 3. The average molecular weight is 312 g/mol. The quantitative estimate of drug-likeness (QED) is 0.940. The number of phenols is 1. The predicted molar refractivity (Wildman–Crippen MR) is 72.7 cm³/mol. The molecule has 2 aromatic rings. The molecular weight excluding hydrogens is 298 g/mol. The number of aromatic nitrogens is 2. The third-order valence-electron chi connectivity index (χ3n) is 2.65. The van der Waals surface area contributed by atoms with Gasteiger partial charge in [0.1, 0.15) is 5.75 Å². The molecule has 0 radical (unpaired) electrons. The van der Waals surface area contributed by atoms with E-state index in [0.717, 1.165) is 17.6 Å². The van der Waals surface area contributed by atoms with Gasteiger partial charge in [0.25, 0.3) is 11.8 Å². The molecule has 1 aromatic carbocycles. The van der Waals surface area contributed by atoms with E-state index in [1.165, 1.54) is 0 Å². The van der Waals surface area contributed by atoms with E-state index in [-0.39, 0.29) is 5.75 Å². The summed E-state index contributed by atoms with van der Waals surface area (Å²) in [6.45, 7) is 5.66. The Kier molecular flexibility index (Phi) is 3.86. The maximum atomic E-state index is 9.79. The molecule has 0 atom stereocenters. The van der Waals surface area contributed by atoms with Crippen molar-refractivity contribution < 1.29 is 9.63 Å². The summed E-state index contributed by atoms with van der Waals surface area (Å²) >= 11 is 3.35. The van der Waals surface area contributed by atoms with Gasteiger partial charge >= 0.3 is 0 Å². The summed E-state index contributed by atoms with van der Waals surface area (Å²) in [6.07, 6.45) is 0. The Morgan fingerprint density at radius 3 is 2.72 bits per heavy atom. The van der Waals surface area contributed by atoms with Crippen molar-refractivity contribution in [2.24, 2.45) is 0 Å². The van der Waals surface area contributed by atoms with Crippen molar-refractivity contribution >= 4 is 21.9 Å². The van der Waals surface area contributed by atoms with Crippen LogP contribution in [0, 0.1) is 0 Å². The van der Waals surface area contributed by atoms with Gasteiger partial charge in [0.2, 0.25) is 0 Å². The van der Waals surface area contributed by atoms with Gasteiger partial charge in [-0.25, -0.2) is 0 Å². The highest BCUT2D eigenvalue weighted by Gasteiger charge is 2.15. The van der Waals surface area contributed by atoms with E-state index in [2.05, 4.69) is 26.1 Å². The smallest absolute Gasteiger partial charge is 0.266 e. The first-order chi connectivity index (χ1) is 8.65. The molecule has 1 heterocycles. The summed E-state index contributed by atoms with van der Waals surface area (Å²) in [5.41, 5.74) is 0.523. The Balaban J connectivity index is 2.37. The van der Waals surface area contributed by atoms with Crippen LogP contribution >= 0.6 is 15.9 Å². The number of anilines is 1. The highest BCUT2D eigenvalue weighted by molar-refractivity contribution is 9.10. The van der Waals surface area contributed by atoms with Crippen LogP contribution < -0.4 is 4.90 Å². The number of rotatable bonds is 4. The molecule has 6 heteroatoms. The summed E-state index contributed by atoms with van der Waals surface area (Å²) < 4.78 is 6.03. The second-order valence-corrected chi connectivity index (χ2v) is 4.65. The molecule has 96 valence electrons. The first-order valence-electron chi connectivity index (χ1n) is 5.73. The molecule has 5 nitrogen and oxygen atoms in total. The molecule has 0 bridgehead atoms. The maximum absolute atomic E-state index is 9.79. The Morgan fingerprint density at radius 1 is 1.33 bits per heavy atom. The van der Waals surface area contributed by atoms with Crippen molar-refractivity contribution in [1.82, 2.24) is 10.1 Å². The van der Waals surface area contributed by atoms with Gasteiger partial charge in [0, 0.05) is 17.6 Å². The lowest BCUT2D eigenvalue weighted by molar-refractivity contribution is 0.423. The Hall–Kier alpha value is -1.56. The van der Waals surface area contributed by atoms with Gasteiger partial charge < -0.3 is 14.5 Å². The van der Waals surface area contributed by atoms with Crippen molar-refractivity contribution in [3.05, 3.63) is 22.7 Å². The van der Waals surface area contributed by atoms with E-state index in [0.29, 0.717) is 17.4 Å². The van der Waals surface area contributed by atoms with E-state index in [4.69, 9.17) is 4.52 Å². The van der Waals surface area contributed by atoms with E-state index < -0.39 is 0 Å². The number of halogens is 1. The van der Waals surface area contributed by atoms with E-state index in [1.54, 1.807) is 18.2 Å². The molecule has 1 aromatic heterocycles. The number of phenolic OH excluding ortho intramolecular Hbond substituents is 1.